The molecule has 1 saturated heterocycles. The highest BCUT2D eigenvalue weighted by Crippen LogP contribution is 2.25. The van der Waals surface area contributed by atoms with Crippen LogP contribution < -0.4 is 5.32 Å². The van der Waals surface area contributed by atoms with E-state index in [1.165, 1.54) is 18.1 Å². The highest BCUT2D eigenvalue weighted by atomic mass is 19.1. The van der Waals surface area contributed by atoms with E-state index in [9.17, 15) is 4.39 Å². The second-order valence-electron chi connectivity index (χ2n) is 3.30. The van der Waals surface area contributed by atoms with Gasteiger partial charge in [0.05, 0.1) is 0 Å². The summed E-state index contributed by atoms with van der Waals surface area (Å²) in [6.45, 7) is 3.04. The monoisotopic (exact) mass is 165 g/mol. The molecule has 1 atom stereocenters. The summed E-state index contributed by atoms with van der Waals surface area (Å²) < 4.78 is 12.7. The van der Waals surface area contributed by atoms with Crippen molar-refractivity contribution in [3.05, 3.63) is 35.1 Å². The lowest BCUT2D eigenvalue weighted by Crippen LogP contribution is -2.35. The number of halogens is 1. The molecule has 0 saturated carbocycles. The molecule has 0 amide bonds. The normalized spacial score (nSPS) is 22.0. The molecule has 64 valence electrons. The Morgan fingerprint density at radius 1 is 1.50 bits per heavy atom. The molecule has 0 radical (unpaired) electrons. The van der Waals surface area contributed by atoms with Gasteiger partial charge in [-0.25, -0.2) is 4.39 Å². The first-order chi connectivity index (χ1) is 5.77. The number of nitrogens with one attached hydrogen (secondary N) is 1. The molecule has 1 nitrogen and oxygen atoms in total. The van der Waals surface area contributed by atoms with Gasteiger partial charge in [-0.2, -0.15) is 0 Å². The topological polar surface area (TPSA) is 12.0 Å². The summed E-state index contributed by atoms with van der Waals surface area (Å²) in [5.74, 6) is -0.143. The van der Waals surface area contributed by atoms with Crippen LogP contribution in [0.25, 0.3) is 0 Å². The Morgan fingerprint density at radius 3 is 2.75 bits per heavy atom. The minimum Gasteiger partial charge on any atom is -0.310 e. The summed E-state index contributed by atoms with van der Waals surface area (Å²) in [6.07, 6.45) is 1.17. The molecule has 1 heterocycles. The Morgan fingerprint density at radius 2 is 2.25 bits per heavy atom. The molecule has 0 aliphatic carbocycles. The summed E-state index contributed by atoms with van der Waals surface area (Å²) in [6, 6.07) is 5.46. The van der Waals surface area contributed by atoms with Crippen LogP contribution in [0.2, 0.25) is 0 Å². The van der Waals surface area contributed by atoms with Crippen molar-refractivity contribution in [1.29, 1.82) is 0 Å². The van der Waals surface area contributed by atoms with E-state index in [4.69, 9.17) is 0 Å². The van der Waals surface area contributed by atoms with Crippen LogP contribution in [0, 0.1) is 12.7 Å². The fraction of sp³-hybridized carbons (Fsp3) is 0.400. The number of hydrogen-bond donors (Lipinski definition) is 1. The minimum atomic E-state index is -0.143. The van der Waals surface area contributed by atoms with Crippen LogP contribution in [0.15, 0.2) is 18.2 Å². The molecule has 1 unspecified atom stereocenters. The molecule has 2 heteroatoms. The zero-order chi connectivity index (χ0) is 8.55. The van der Waals surface area contributed by atoms with E-state index in [2.05, 4.69) is 5.32 Å². The Hall–Kier alpha value is -0.890. The average Bonchev–Trinajstić information content (AvgIpc) is 1.91. The fourth-order valence-electron chi connectivity index (χ4n) is 1.58. The largest absolute Gasteiger partial charge is 0.310 e. The van der Waals surface area contributed by atoms with Gasteiger partial charge in [-0.1, -0.05) is 6.07 Å². The molecule has 1 aromatic rings. The quantitative estimate of drug-likeness (QED) is 0.672. The van der Waals surface area contributed by atoms with Crippen molar-refractivity contribution < 1.29 is 4.39 Å². The van der Waals surface area contributed by atoms with Gasteiger partial charge in [0.2, 0.25) is 0 Å². The third-order valence-electron chi connectivity index (χ3n) is 2.43. The van der Waals surface area contributed by atoms with Crippen molar-refractivity contribution in [2.24, 2.45) is 0 Å². The van der Waals surface area contributed by atoms with Crippen molar-refractivity contribution in [1.82, 2.24) is 5.32 Å². The molecule has 0 bridgehead atoms. The van der Waals surface area contributed by atoms with Crippen molar-refractivity contribution >= 4 is 0 Å². The van der Waals surface area contributed by atoms with Gasteiger partial charge in [0, 0.05) is 6.04 Å². The third-order valence-corrected chi connectivity index (χ3v) is 2.43. The van der Waals surface area contributed by atoms with Crippen LogP contribution in [-0.2, 0) is 0 Å². The SMILES string of the molecule is Cc1cc(F)ccc1C1CCN1. The maximum absolute atomic E-state index is 12.7. The lowest BCUT2D eigenvalue weighted by atomic mass is 9.94. The van der Waals surface area contributed by atoms with E-state index in [1.807, 2.05) is 13.0 Å². The third kappa shape index (κ3) is 1.23. The zero-order valence-corrected chi connectivity index (χ0v) is 7.10. The van der Waals surface area contributed by atoms with E-state index in [-0.39, 0.29) is 5.82 Å². The van der Waals surface area contributed by atoms with Crippen LogP contribution in [-0.4, -0.2) is 6.54 Å². The summed E-state index contributed by atoms with van der Waals surface area (Å²) >= 11 is 0. The second kappa shape index (κ2) is 2.87. The molecule has 1 N–H and O–H groups in total. The van der Waals surface area contributed by atoms with Gasteiger partial charge >= 0.3 is 0 Å². The molecule has 1 aliphatic rings. The molecular weight excluding hydrogens is 153 g/mol. The van der Waals surface area contributed by atoms with Crippen LogP contribution in [0.4, 0.5) is 4.39 Å². The van der Waals surface area contributed by atoms with E-state index in [0.717, 1.165) is 12.1 Å². The molecule has 1 fully saturated rings. The zero-order valence-electron chi connectivity index (χ0n) is 7.10. The summed E-state index contributed by atoms with van der Waals surface area (Å²) in [7, 11) is 0. The molecule has 12 heavy (non-hydrogen) atoms. The van der Waals surface area contributed by atoms with Crippen molar-refractivity contribution in [2.45, 2.75) is 19.4 Å². The predicted octanol–water partition coefficient (Wildman–Crippen LogP) is 2.17. The molecule has 0 spiro atoms. The summed E-state index contributed by atoms with van der Waals surface area (Å²) in [5, 5.41) is 3.30. The fourth-order valence-corrected chi connectivity index (χ4v) is 1.58. The maximum atomic E-state index is 12.7. The number of rotatable bonds is 1. The molecule has 0 aromatic heterocycles. The van der Waals surface area contributed by atoms with Crippen molar-refractivity contribution in [2.75, 3.05) is 6.54 Å². The Kier molecular flexibility index (Phi) is 1.85. The lowest BCUT2D eigenvalue weighted by molar-refractivity contribution is 0.381. The van der Waals surface area contributed by atoms with Crippen molar-refractivity contribution in [3.8, 4) is 0 Å². The average molecular weight is 165 g/mol. The second-order valence-corrected chi connectivity index (χ2v) is 3.30. The Labute approximate surface area is 71.6 Å². The van der Waals surface area contributed by atoms with E-state index in [1.54, 1.807) is 6.07 Å². The number of benzene rings is 1. The van der Waals surface area contributed by atoms with Crippen LogP contribution >= 0.6 is 0 Å². The van der Waals surface area contributed by atoms with Gasteiger partial charge < -0.3 is 5.32 Å². The van der Waals surface area contributed by atoms with E-state index in [0.29, 0.717) is 6.04 Å². The number of hydrogen-bond acceptors (Lipinski definition) is 1. The first-order valence-corrected chi connectivity index (χ1v) is 4.27. The van der Waals surface area contributed by atoms with Gasteiger partial charge in [-0.05, 0) is 43.1 Å². The van der Waals surface area contributed by atoms with Gasteiger partial charge in [0.25, 0.3) is 0 Å². The van der Waals surface area contributed by atoms with Crippen LogP contribution in [0.3, 0.4) is 0 Å². The van der Waals surface area contributed by atoms with Crippen molar-refractivity contribution in [3.63, 3.8) is 0 Å². The van der Waals surface area contributed by atoms with Crippen LogP contribution in [0.5, 0.6) is 0 Å². The summed E-state index contributed by atoms with van der Waals surface area (Å²) in [5.41, 5.74) is 2.29. The first kappa shape index (κ1) is 7.74. The van der Waals surface area contributed by atoms with E-state index >= 15 is 0 Å². The van der Waals surface area contributed by atoms with Gasteiger partial charge in [0.1, 0.15) is 5.82 Å². The standard InChI is InChI=1S/C10H12FN/c1-7-6-8(11)2-3-9(7)10-4-5-12-10/h2-3,6,10,12H,4-5H2,1H3. The Balaban J connectivity index is 2.31. The van der Waals surface area contributed by atoms with Gasteiger partial charge in [0.15, 0.2) is 0 Å². The highest BCUT2D eigenvalue weighted by molar-refractivity contribution is 5.30. The molecule has 1 aliphatic heterocycles. The lowest BCUT2D eigenvalue weighted by Gasteiger charge is -2.29. The van der Waals surface area contributed by atoms with Gasteiger partial charge in [-0.15, -0.1) is 0 Å². The van der Waals surface area contributed by atoms with E-state index < -0.39 is 0 Å². The minimum absolute atomic E-state index is 0.143. The first-order valence-electron chi connectivity index (χ1n) is 4.27. The predicted molar refractivity (Wildman–Crippen MR) is 46.5 cm³/mol. The molecule has 2 rings (SSSR count). The molecule has 1 aromatic carbocycles. The maximum Gasteiger partial charge on any atom is 0.123 e. The Bertz CT molecular complexity index is 292. The highest BCUT2D eigenvalue weighted by Gasteiger charge is 2.19. The molecular formula is C10H12FN. The smallest absolute Gasteiger partial charge is 0.123 e. The van der Waals surface area contributed by atoms with Crippen LogP contribution in [0.1, 0.15) is 23.6 Å². The summed E-state index contributed by atoms with van der Waals surface area (Å²) in [4.78, 5) is 0. The van der Waals surface area contributed by atoms with Gasteiger partial charge in [-0.3, -0.25) is 0 Å². The number of aryl methyl sites for hydroxylation is 1.